The van der Waals surface area contributed by atoms with Crippen LogP contribution in [0.1, 0.15) is 23.0 Å². The third-order valence-corrected chi connectivity index (χ3v) is 2.93. The summed E-state index contributed by atoms with van der Waals surface area (Å²) in [5.41, 5.74) is 0.719. The van der Waals surface area contributed by atoms with Crippen LogP contribution < -0.4 is 10.9 Å². The van der Waals surface area contributed by atoms with Gasteiger partial charge in [-0.15, -0.1) is 0 Å². The van der Waals surface area contributed by atoms with Crippen LogP contribution in [0.5, 0.6) is 0 Å². The van der Waals surface area contributed by atoms with E-state index < -0.39 is 11.5 Å². The van der Waals surface area contributed by atoms with Crippen molar-refractivity contribution in [2.24, 2.45) is 0 Å². The highest BCUT2D eigenvalue weighted by atomic mass is 16.4. The number of carbonyl (C=O) groups excluding carboxylic acids is 1. The molecule has 108 valence electrons. The van der Waals surface area contributed by atoms with Crippen molar-refractivity contribution in [2.45, 2.75) is 13.8 Å². The lowest BCUT2D eigenvalue weighted by Gasteiger charge is -2.12. The van der Waals surface area contributed by atoms with Crippen LogP contribution in [0, 0.1) is 6.92 Å². The van der Waals surface area contributed by atoms with Gasteiger partial charge in [-0.1, -0.05) is 6.07 Å². The third kappa shape index (κ3) is 3.00. The second-order valence-electron chi connectivity index (χ2n) is 4.57. The average Bonchev–Trinajstić information content (AvgIpc) is 2.38. The van der Waals surface area contributed by atoms with Gasteiger partial charge in [-0.25, -0.2) is 4.79 Å². The molecule has 0 aliphatic rings. The van der Waals surface area contributed by atoms with E-state index in [4.69, 9.17) is 5.11 Å². The molecule has 1 heterocycles. The molecule has 0 aliphatic carbocycles. The van der Waals surface area contributed by atoms with Gasteiger partial charge in [0.15, 0.2) is 0 Å². The fourth-order valence-electron chi connectivity index (χ4n) is 2.04. The van der Waals surface area contributed by atoms with Gasteiger partial charge in [-0.2, -0.15) is 0 Å². The Labute approximate surface area is 120 Å². The summed E-state index contributed by atoms with van der Waals surface area (Å²) in [6, 6.07) is 9.50. The Morgan fingerprint density at radius 1 is 1.19 bits per heavy atom. The van der Waals surface area contributed by atoms with Gasteiger partial charge in [0.05, 0.1) is 5.69 Å². The summed E-state index contributed by atoms with van der Waals surface area (Å²) in [6.07, 6.45) is 0. The molecule has 0 radical (unpaired) electrons. The second kappa shape index (κ2) is 5.62. The number of hydrogen-bond donors (Lipinski definition) is 2. The van der Waals surface area contributed by atoms with E-state index in [-0.39, 0.29) is 11.5 Å². The number of nitrogens with one attached hydrogen (secondary N) is 1. The molecule has 0 unspecified atom stereocenters. The predicted molar refractivity (Wildman–Crippen MR) is 78.0 cm³/mol. The number of pyridine rings is 1. The number of aromatic nitrogens is 1. The summed E-state index contributed by atoms with van der Waals surface area (Å²) in [4.78, 5) is 34.4. The molecule has 0 spiro atoms. The summed E-state index contributed by atoms with van der Waals surface area (Å²) in [5.74, 6) is -1.50. The molecule has 6 heteroatoms. The molecule has 1 aromatic heterocycles. The zero-order chi connectivity index (χ0) is 15.6. The van der Waals surface area contributed by atoms with E-state index in [1.165, 1.54) is 17.6 Å². The van der Waals surface area contributed by atoms with Crippen LogP contribution in [0.4, 0.5) is 5.69 Å². The first kappa shape index (κ1) is 14.5. The van der Waals surface area contributed by atoms with E-state index in [0.717, 1.165) is 0 Å². The van der Waals surface area contributed by atoms with Crippen LogP contribution in [-0.4, -0.2) is 21.6 Å². The number of carboxylic acids is 1. The number of carboxylic acid groups (broad SMARTS) is 1. The Morgan fingerprint density at radius 2 is 1.90 bits per heavy atom. The molecule has 2 rings (SSSR count). The van der Waals surface area contributed by atoms with Crippen molar-refractivity contribution in [3.05, 3.63) is 58.0 Å². The molecular formula is C15H14N2O4. The first-order valence-corrected chi connectivity index (χ1v) is 6.24. The van der Waals surface area contributed by atoms with E-state index in [2.05, 4.69) is 5.32 Å². The Kier molecular flexibility index (Phi) is 3.89. The molecule has 21 heavy (non-hydrogen) atoms. The van der Waals surface area contributed by atoms with Crippen molar-refractivity contribution < 1.29 is 14.7 Å². The van der Waals surface area contributed by atoms with Crippen molar-refractivity contribution in [3.8, 4) is 5.69 Å². The van der Waals surface area contributed by atoms with Gasteiger partial charge in [0.25, 0.3) is 5.56 Å². The summed E-state index contributed by atoms with van der Waals surface area (Å²) < 4.78 is 1.30. The first-order chi connectivity index (χ1) is 9.90. The number of carbonyl (C=O) groups is 2. The molecule has 0 aliphatic heterocycles. The van der Waals surface area contributed by atoms with Gasteiger partial charge < -0.3 is 10.4 Å². The van der Waals surface area contributed by atoms with Gasteiger partial charge in [-0.3, -0.25) is 14.2 Å². The Hall–Kier alpha value is -2.89. The number of benzene rings is 1. The summed E-state index contributed by atoms with van der Waals surface area (Å²) in [6.45, 7) is 3.09. The van der Waals surface area contributed by atoms with Gasteiger partial charge >= 0.3 is 5.97 Å². The molecule has 1 amide bonds. The fraction of sp³-hybridized carbons (Fsp3) is 0.133. The predicted octanol–water partition coefficient (Wildman–Crippen LogP) is 1.80. The van der Waals surface area contributed by atoms with Crippen LogP contribution >= 0.6 is 0 Å². The number of aromatic carboxylic acids is 1. The van der Waals surface area contributed by atoms with Crippen LogP contribution in [0.2, 0.25) is 0 Å². The van der Waals surface area contributed by atoms with Crippen molar-refractivity contribution in [2.75, 3.05) is 5.32 Å². The number of aryl methyl sites for hydroxylation is 1. The monoisotopic (exact) mass is 286 g/mol. The van der Waals surface area contributed by atoms with Crippen molar-refractivity contribution in [3.63, 3.8) is 0 Å². The highest BCUT2D eigenvalue weighted by molar-refractivity contribution is 5.89. The van der Waals surface area contributed by atoms with Crippen LogP contribution in [-0.2, 0) is 4.79 Å². The molecule has 2 N–H and O–H groups in total. The molecule has 2 aromatic rings. The number of hydrogen-bond acceptors (Lipinski definition) is 3. The average molecular weight is 286 g/mol. The lowest BCUT2D eigenvalue weighted by molar-refractivity contribution is -0.114. The van der Waals surface area contributed by atoms with Gasteiger partial charge in [0.1, 0.15) is 5.56 Å². The van der Waals surface area contributed by atoms with Crippen LogP contribution in [0.15, 0.2) is 41.2 Å². The topological polar surface area (TPSA) is 88.4 Å². The van der Waals surface area contributed by atoms with E-state index in [1.807, 2.05) is 0 Å². The number of amides is 1. The maximum Gasteiger partial charge on any atom is 0.341 e. The number of rotatable bonds is 3. The second-order valence-corrected chi connectivity index (χ2v) is 4.57. The summed E-state index contributed by atoms with van der Waals surface area (Å²) >= 11 is 0. The van der Waals surface area contributed by atoms with Gasteiger partial charge in [0.2, 0.25) is 5.91 Å². The molecule has 6 nitrogen and oxygen atoms in total. The third-order valence-electron chi connectivity index (χ3n) is 2.93. The lowest BCUT2D eigenvalue weighted by Crippen LogP contribution is -2.26. The fourth-order valence-corrected chi connectivity index (χ4v) is 2.04. The highest BCUT2D eigenvalue weighted by Crippen LogP contribution is 2.15. The number of anilines is 1. The zero-order valence-corrected chi connectivity index (χ0v) is 11.6. The van der Waals surface area contributed by atoms with Crippen LogP contribution in [0.3, 0.4) is 0 Å². The normalized spacial score (nSPS) is 10.2. The molecule has 0 fully saturated rings. The standard InChI is InChI=1S/C15H14N2O4/c1-9-6-7-13(15(20)21)14(19)17(9)12-5-3-4-11(8-12)16-10(2)18/h3-8H,1-2H3,(H,16,18)(H,20,21). The zero-order valence-electron chi connectivity index (χ0n) is 11.6. The molecule has 1 aromatic carbocycles. The SMILES string of the molecule is CC(=O)Nc1cccc(-n2c(C)ccc(C(=O)O)c2=O)c1. The minimum Gasteiger partial charge on any atom is -0.477 e. The Bertz CT molecular complexity index is 777. The van der Waals surface area contributed by atoms with E-state index in [9.17, 15) is 14.4 Å². The Morgan fingerprint density at radius 3 is 2.52 bits per heavy atom. The van der Waals surface area contributed by atoms with Gasteiger partial charge in [-0.05, 0) is 37.3 Å². The molecule has 0 saturated heterocycles. The Balaban J connectivity index is 2.61. The molecule has 0 bridgehead atoms. The van der Waals surface area contributed by atoms with Crippen molar-refractivity contribution >= 4 is 17.6 Å². The minimum absolute atomic E-state index is 0.226. The largest absolute Gasteiger partial charge is 0.477 e. The van der Waals surface area contributed by atoms with E-state index >= 15 is 0 Å². The summed E-state index contributed by atoms with van der Waals surface area (Å²) in [7, 11) is 0. The number of nitrogens with zero attached hydrogens (tertiary/aromatic N) is 1. The van der Waals surface area contributed by atoms with Gasteiger partial charge in [0, 0.05) is 18.3 Å². The first-order valence-electron chi connectivity index (χ1n) is 6.24. The van der Waals surface area contributed by atoms with E-state index in [1.54, 1.807) is 37.3 Å². The molecule has 0 atom stereocenters. The minimum atomic E-state index is -1.27. The summed E-state index contributed by atoms with van der Waals surface area (Å²) in [5, 5.41) is 11.7. The van der Waals surface area contributed by atoms with Crippen molar-refractivity contribution in [1.82, 2.24) is 4.57 Å². The maximum absolute atomic E-state index is 12.3. The highest BCUT2D eigenvalue weighted by Gasteiger charge is 2.13. The lowest BCUT2D eigenvalue weighted by atomic mass is 10.2. The van der Waals surface area contributed by atoms with E-state index in [0.29, 0.717) is 17.1 Å². The maximum atomic E-state index is 12.3. The smallest absolute Gasteiger partial charge is 0.341 e. The quantitative estimate of drug-likeness (QED) is 0.900. The van der Waals surface area contributed by atoms with Crippen molar-refractivity contribution in [1.29, 1.82) is 0 Å². The molecular weight excluding hydrogens is 272 g/mol. The molecule has 0 saturated carbocycles. The van der Waals surface area contributed by atoms with Crippen LogP contribution in [0.25, 0.3) is 5.69 Å².